The van der Waals surface area contributed by atoms with Crippen molar-refractivity contribution >= 4 is 23.0 Å². The normalized spacial score (nSPS) is 17.9. The van der Waals surface area contributed by atoms with E-state index in [0.29, 0.717) is 11.0 Å². The van der Waals surface area contributed by atoms with E-state index in [1.54, 1.807) is 6.20 Å². The fraction of sp³-hybridized carbons (Fsp3) is 0.571. The third kappa shape index (κ3) is 3.88. The van der Waals surface area contributed by atoms with E-state index >= 15 is 0 Å². The molecular formula is C14H22N4S. The summed E-state index contributed by atoms with van der Waals surface area (Å²) < 4.78 is 0. The summed E-state index contributed by atoms with van der Waals surface area (Å²) in [5.74, 6) is 0.791. The number of nitrogens with one attached hydrogen (secondary N) is 1. The van der Waals surface area contributed by atoms with Gasteiger partial charge in [0.05, 0.1) is 5.56 Å². The summed E-state index contributed by atoms with van der Waals surface area (Å²) in [4.78, 5) is 7.24. The van der Waals surface area contributed by atoms with Gasteiger partial charge in [-0.3, -0.25) is 4.90 Å². The maximum atomic E-state index is 5.70. The molecule has 1 aliphatic rings. The van der Waals surface area contributed by atoms with Crippen LogP contribution in [0, 0.1) is 0 Å². The average molecular weight is 278 g/mol. The van der Waals surface area contributed by atoms with Crippen LogP contribution in [-0.4, -0.2) is 40.5 Å². The van der Waals surface area contributed by atoms with Crippen molar-refractivity contribution in [2.24, 2.45) is 5.73 Å². The number of hydrogen-bond donors (Lipinski definition) is 2. The highest BCUT2D eigenvalue weighted by molar-refractivity contribution is 7.80. The van der Waals surface area contributed by atoms with Crippen molar-refractivity contribution < 1.29 is 0 Å². The Labute approximate surface area is 120 Å². The van der Waals surface area contributed by atoms with E-state index in [-0.39, 0.29) is 0 Å². The second-order valence-corrected chi connectivity index (χ2v) is 5.53. The maximum absolute atomic E-state index is 5.70. The van der Waals surface area contributed by atoms with E-state index in [0.717, 1.165) is 17.9 Å². The molecule has 0 aromatic carbocycles. The van der Waals surface area contributed by atoms with Gasteiger partial charge in [0.25, 0.3) is 0 Å². The molecule has 2 rings (SSSR count). The van der Waals surface area contributed by atoms with Crippen molar-refractivity contribution in [3.05, 3.63) is 23.9 Å². The Morgan fingerprint density at radius 2 is 2.21 bits per heavy atom. The Hall–Kier alpha value is -1.20. The molecule has 5 heteroatoms. The monoisotopic (exact) mass is 278 g/mol. The van der Waals surface area contributed by atoms with Crippen molar-refractivity contribution in [3.63, 3.8) is 0 Å². The summed E-state index contributed by atoms with van der Waals surface area (Å²) >= 11 is 5.04. The zero-order valence-electron chi connectivity index (χ0n) is 11.4. The summed E-state index contributed by atoms with van der Waals surface area (Å²) in [6.07, 6.45) is 5.75. The lowest BCUT2D eigenvalue weighted by Gasteiger charge is -2.32. The zero-order chi connectivity index (χ0) is 13.7. The van der Waals surface area contributed by atoms with E-state index in [1.807, 2.05) is 12.1 Å². The largest absolute Gasteiger partial charge is 0.389 e. The fourth-order valence-electron chi connectivity index (χ4n) is 2.48. The first-order chi connectivity index (χ1) is 9.18. The zero-order valence-corrected chi connectivity index (χ0v) is 12.2. The molecule has 0 radical (unpaired) electrons. The summed E-state index contributed by atoms with van der Waals surface area (Å²) in [7, 11) is 0. The molecule has 104 valence electrons. The maximum Gasteiger partial charge on any atom is 0.136 e. The van der Waals surface area contributed by atoms with Crippen LogP contribution in [0.2, 0.25) is 0 Å². The molecule has 1 aliphatic heterocycles. The Kier molecular flexibility index (Phi) is 5.10. The molecule has 1 saturated heterocycles. The van der Waals surface area contributed by atoms with Crippen LogP contribution in [0.5, 0.6) is 0 Å². The minimum absolute atomic E-state index is 0.390. The predicted octanol–water partition coefficient (Wildman–Crippen LogP) is 2.00. The van der Waals surface area contributed by atoms with Gasteiger partial charge in [0.15, 0.2) is 0 Å². The molecule has 0 aliphatic carbocycles. The molecule has 4 nitrogen and oxygen atoms in total. The SMILES string of the molecule is CC(CNc1ncccc1C(N)=S)N1CCCCC1. The number of piperidine rings is 1. The Balaban J connectivity index is 1.92. The van der Waals surface area contributed by atoms with Gasteiger partial charge in [-0.1, -0.05) is 18.6 Å². The van der Waals surface area contributed by atoms with Crippen molar-refractivity contribution in [3.8, 4) is 0 Å². The van der Waals surface area contributed by atoms with Crippen LogP contribution < -0.4 is 11.1 Å². The van der Waals surface area contributed by atoms with Crippen molar-refractivity contribution in [2.45, 2.75) is 32.2 Å². The highest BCUT2D eigenvalue weighted by Gasteiger charge is 2.17. The van der Waals surface area contributed by atoms with Crippen molar-refractivity contribution in [2.75, 3.05) is 25.0 Å². The molecule has 1 aromatic heterocycles. The van der Waals surface area contributed by atoms with Gasteiger partial charge < -0.3 is 11.1 Å². The number of rotatable bonds is 5. The lowest BCUT2D eigenvalue weighted by Crippen LogP contribution is -2.41. The molecule has 19 heavy (non-hydrogen) atoms. The first-order valence-electron chi connectivity index (χ1n) is 6.91. The number of likely N-dealkylation sites (tertiary alicyclic amines) is 1. The first kappa shape index (κ1) is 14.2. The highest BCUT2D eigenvalue weighted by Crippen LogP contribution is 2.14. The Morgan fingerprint density at radius 1 is 1.47 bits per heavy atom. The van der Waals surface area contributed by atoms with E-state index in [2.05, 4.69) is 22.1 Å². The number of nitrogens with zero attached hydrogens (tertiary/aromatic N) is 2. The van der Waals surface area contributed by atoms with Crippen LogP contribution in [0.3, 0.4) is 0 Å². The smallest absolute Gasteiger partial charge is 0.136 e. The number of anilines is 1. The molecular weight excluding hydrogens is 256 g/mol. The molecule has 0 spiro atoms. The third-order valence-electron chi connectivity index (χ3n) is 3.65. The number of pyridine rings is 1. The van der Waals surface area contributed by atoms with Crippen molar-refractivity contribution in [1.82, 2.24) is 9.88 Å². The molecule has 1 unspecified atom stereocenters. The summed E-state index contributed by atoms with van der Waals surface area (Å²) in [5.41, 5.74) is 6.53. The number of hydrogen-bond acceptors (Lipinski definition) is 4. The van der Waals surface area contributed by atoms with Gasteiger partial charge in [-0.15, -0.1) is 0 Å². The minimum atomic E-state index is 0.390. The van der Waals surface area contributed by atoms with E-state index in [4.69, 9.17) is 18.0 Å². The standard InChI is InChI=1S/C14H22N4S/c1-11(18-8-3-2-4-9-18)10-17-14-12(13(15)19)6-5-7-16-14/h5-7,11H,2-4,8-10H2,1H3,(H2,15,19)(H,16,17). The van der Waals surface area contributed by atoms with Crippen LogP contribution in [0.1, 0.15) is 31.7 Å². The van der Waals surface area contributed by atoms with Crippen LogP contribution in [0.4, 0.5) is 5.82 Å². The van der Waals surface area contributed by atoms with E-state index in [1.165, 1.54) is 32.4 Å². The molecule has 0 bridgehead atoms. The molecule has 1 fully saturated rings. The van der Waals surface area contributed by atoms with Gasteiger partial charge in [0.2, 0.25) is 0 Å². The highest BCUT2D eigenvalue weighted by atomic mass is 32.1. The third-order valence-corrected chi connectivity index (χ3v) is 3.87. The van der Waals surface area contributed by atoms with Crippen LogP contribution in [-0.2, 0) is 0 Å². The second kappa shape index (κ2) is 6.82. The van der Waals surface area contributed by atoms with Gasteiger partial charge in [0.1, 0.15) is 10.8 Å². The topological polar surface area (TPSA) is 54.2 Å². The van der Waals surface area contributed by atoms with E-state index in [9.17, 15) is 0 Å². The van der Waals surface area contributed by atoms with Gasteiger partial charge >= 0.3 is 0 Å². The number of thiocarbonyl (C=S) groups is 1. The lowest BCUT2D eigenvalue weighted by molar-refractivity contribution is 0.180. The lowest BCUT2D eigenvalue weighted by atomic mass is 10.1. The summed E-state index contributed by atoms with van der Waals surface area (Å²) in [6, 6.07) is 4.26. The molecule has 1 atom stereocenters. The minimum Gasteiger partial charge on any atom is -0.389 e. The molecule has 0 amide bonds. The van der Waals surface area contributed by atoms with Gasteiger partial charge in [-0.05, 0) is 45.0 Å². The fourth-order valence-corrected chi connectivity index (χ4v) is 2.64. The van der Waals surface area contributed by atoms with Gasteiger partial charge in [0, 0.05) is 18.8 Å². The summed E-state index contributed by atoms with van der Waals surface area (Å²) in [5, 5.41) is 3.37. The van der Waals surface area contributed by atoms with Crippen LogP contribution in [0.15, 0.2) is 18.3 Å². The van der Waals surface area contributed by atoms with Gasteiger partial charge in [-0.25, -0.2) is 4.98 Å². The Morgan fingerprint density at radius 3 is 2.89 bits per heavy atom. The van der Waals surface area contributed by atoms with Crippen LogP contribution in [0.25, 0.3) is 0 Å². The average Bonchev–Trinajstić information content (AvgIpc) is 2.46. The van der Waals surface area contributed by atoms with E-state index < -0.39 is 0 Å². The Bertz CT molecular complexity index is 429. The molecule has 1 aromatic rings. The van der Waals surface area contributed by atoms with Crippen molar-refractivity contribution in [1.29, 1.82) is 0 Å². The van der Waals surface area contributed by atoms with Gasteiger partial charge in [-0.2, -0.15) is 0 Å². The summed E-state index contributed by atoms with van der Waals surface area (Å²) in [6.45, 7) is 5.52. The molecule has 3 N–H and O–H groups in total. The molecule has 2 heterocycles. The number of aromatic nitrogens is 1. The first-order valence-corrected chi connectivity index (χ1v) is 7.32. The predicted molar refractivity (Wildman–Crippen MR) is 83.5 cm³/mol. The number of nitrogens with two attached hydrogens (primary N) is 1. The second-order valence-electron chi connectivity index (χ2n) is 5.09. The molecule has 0 saturated carbocycles. The van der Waals surface area contributed by atoms with Crippen LogP contribution >= 0.6 is 12.2 Å². The quantitative estimate of drug-likeness (QED) is 0.807.